The van der Waals surface area contributed by atoms with Crippen molar-refractivity contribution in [1.82, 2.24) is 15.5 Å². The van der Waals surface area contributed by atoms with E-state index in [1.54, 1.807) is 0 Å². The van der Waals surface area contributed by atoms with Crippen LogP contribution < -0.4 is 10.6 Å². The van der Waals surface area contributed by atoms with E-state index in [4.69, 9.17) is 9.73 Å². The Hall–Kier alpha value is -0.730. The smallest absolute Gasteiger partial charge is 0.410 e. The largest absolute Gasteiger partial charge is 0.444 e. The number of likely N-dealkylation sites (tertiary alicyclic amines) is 1. The first kappa shape index (κ1) is 24.3. The standard InChI is InChI=1S/C18H36N4O2.HI/c1-7-14(3)21-16(19-8-2)20-13-15-9-11-22(12-10-15)17(23)24-18(4,5)6;/h14-15H,7-13H2,1-6H3,(H2,19,20,21);1H. The first-order valence-corrected chi connectivity index (χ1v) is 9.28. The van der Waals surface area contributed by atoms with Crippen LogP contribution in [-0.2, 0) is 4.74 Å². The molecule has 1 fully saturated rings. The molecule has 25 heavy (non-hydrogen) atoms. The number of nitrogens with one attached hydrogen (secondary N) is 2. The number of aliphatic imine (C=N–C) groups is 1. The van der Waals surface area contributed by atoms with Gasteiger partial charge in [0.2, 0.25) is 0 Å². The van der Waals surface area contributed by atoms with Gasteiger partial charge >= 0.3 is 6.09 Å². The lowest BCUT2D eigenvalue weighted by atomic mass is 9.97. The van der Waals surface area contributed by atoms with Gasteiger partial charge < -0.3 is 20.3 Å². The second-order valence-corrected chi connectivity index (χ2v) is 7.58. The first-order valence-electron chi connectivity index (χ1n) is 9.28. The van der Waals surface area contributed by atoms with E-state index in [1.165, 1.54) is 0 Å². The number of hydrogen-bond acceptors (Lipinski definition) is 3. The number of carbonyl (C=O) groups excluding carboxylic acids is 1. The lowest BCUT2D eigenvalue weighted by Crippen LogP contribution is -2.43. The predicted molar refractivity (Wildman–Crippen MR) is 115 cm³/mol. The molecule has 1 rings (SSSR count). The van der Waals surface area contributed by atoms with Crippen molar-refractivity contribution in [3.05, 3.63) is 0 Å². The number of piperidine rings is 1. The van der Waals surface area contributed by atoms with Gasteiger partial charge in [-0.05, 0) is 59.8 Å². The minimum atomic E-state index is -0.430. The molecule has 148 valence electrons. The normalized spacial score (nSPS) is 17.5. The molecule has 0 aliphatic carbocycles. The Balaban J connectivity index is 0.00000576. The maximum absolute atomic E-state index is 12.1. The minimum absolute atomic E-state index is 0. The lowest BCUT2D eigenvalue weighted by Gasteiger charge is -2.33. The molecule has 0 aromatic rings. The fraction of sp³-hybridized carbons (Fsp3) is 0.889. The zero-order valence-electron chi connectivity index (χ0n) is 16.7. The summed E-state index contributed by atoms with van der Waals surface area (Å²) in [7, 11) is 0. The summed E-state index contributed by atoms with van der Waals surface area (Å²) >= 11 is 0. The van der Waals surface area contributed by atoms with Crippen LogP contribution in [0, 0.1) is 5.92 Å². The zero-order chi connectivity index (χ0) is 18.2. The highest BCUT2D eigenvalue weighted by molar-refractivity contribution is 14.0. The number of halogens is 1. The van der Waals surface area contributed by atoms with E-state index in [2.05, 4.69) is 31.4 Å². The Bertz CT molecular complexity index is 416. The van der Waals surface area contributed by atoms with Crippen LogP contribution in [0.3, 0.4) is 0 Å². The van der Waals surface area contributed by atoms with Crippen LogP contribution in [0.15, 0.2) is 4.99 Å². The fourth-order valence-corrected chi connectivity index (χ4v) is 2.50. The zero-order valence-corrected chi connectivity index (χ0v) is 19.1. The monoisotopic (exact) mass is 468 g/mol. The van der Waals surface area contributed by atoms with Crippen LogP contribution in [-0.4, -0.2) is 54.8 Å². The Labute approximate surface area is 170 Å². The third kappa shape index (κ3) is 10.1. The molecule has 1 unspecified atom stereocenters. The van der Waals surface area contributed by atoms with Gasteiger partial charge in [-0.3, -0.25) is 4.99 Å². The van der Waals surface area contributed by atoms with Crippen LogP contribution in [0.25, 0.3) is 0 Å². The minimum Gasteiger partial charge on any atom is -0.444 e. The number of ether oxygens (including phenoxy) is 1. The van der Waals surface area contributed by atoms with Gasteiger partial charge in [-0.25, -0.2) is 4.79 Å². The van der Waals surface area contributed by atoms with Crippen molar-refractivity contribution in [2.24, 2.45) is 10.9 Å². The summed E-state index contributed by atoms with van der Waals surface area (Å²) in [5.74, 6) is 1.41. The second-order valence-electron chi connectivity index (χ2n) is 7.58. The Morgan fingerprint density at radius 2 is 1.88 bits per heavy atom. The van der Waals surface area contributed by atoms with Gasteiger partial charge in [0.25, 0.3) is 0 Å². The van der Waals surface area contributed by atoms with Gasteiger partial charge in [0, 0.05) is 32.2 Å². The first-order chi connectivity index (χ1) is 11.2. The van der Waals surface area contributed by atoms with E-state index in [1.807, 2.05) is 25.7 Å². The SMILES string of the molecule is CCNC(=NCC1CCN(C(=O)OC(C)(C)C)CC1)NC(C)CC.I. The number of amides is 1. The third-order valence-electron chi connectivity index (χ3n) is 4.11. The Kier molecular flexibility index (Phi) is 11.5. The summed E-state index contributed by atoms with van der Waals surface area (Å²) in [5, 5.41) is 6.71. The molecule has 1 aliphatic rings. The second kappa shape index (κ2) is 11.8. The van der Waals surface area contributed by atoms with Gasteiger partial charge in [0.05, 0.1) is 0 Å². The molecule has 1 aliphatic heterocycles. The van der Waals surface area contributed by atoms with Crippen LogP contribution >= 0.6 is 24.0 Å². The molecule has 2 N–H and O–H groups in total. The Morgan fingerprint density at radius 3 is 2.36 bits per heavy atom. The van der Waals surface area contributed by atoms with E-state index in [0.717, 1.165) is 51.4 Å². The topological polar surface area (TPSA) is 66.0 Å². The van der Waals surface area contributed by atoms with Gasteiger partial charge in [-0.2, -0.15) is 0 Å². The van der Waals surface area contributed by atoms with Gasteiger partial charge in [-0.1, -0.05) is 6.92 Å². The molecule has 0 aromatic heterocycles. The Morgan fingerprint density at radius 1 is 1.28 bits per heavy atom. The number of guanidine groups is 1. The van der Waals surface area contributed by atoms with Gasteiger partial charge in [0.15, 0.2) is 5.96 Å². The third-order valence-corrected chi connectivity index (χ3v) is 4.11. The molecule has 0 bridgehead atoms. The summed E-state index contributed by atoms with van der Waals surface area (Å²) in [6, 6.07) is 0.414. The van der Waals surface area contributed by atoms with E-state index in [0.29, 0.717) is 12.0 Å². The highest BCUT2D eigenvalue weighted by Crippen LogP contribution is 2.19. The number of carbonyl (C=O) groups is 1. The number of hydrogen-bond donors (Lipinski definition) is 2. The van der Waals surface area contributed by atoms with Crippen molar-refractivity contribution in [2.75, 3.05) is 26.2 Å². The van der Waals surface area contributed by atoms with Crippen molar-refractivity contribution >= 4 is 36.0 Å². The number of rotatable bonds is 5. The molecule has 1 atom stereocenters. The molecule has 0 spiro atoms. The summed E-state index contributed by atoms with van der Waals surface area (Å²) in [5.41, 5.74) is -0.430. The van der Waals surface area contributed by atoms with E-state index in [-0.39, 0.29) is 30.1 Å². The van der Waals surface area contributed by atoms with E-state index < -0.39 is 5.60 Å². The van der Waals surface area contributed by atoms with Crippen molar-refractivity contribution in [2.45, 2.75) is 72.4 Å². The molecule has 6 nitrogen and oxygen atoms in total. The van der Waals surface area contributed by atoms with Gasteiger partial charge in [-0.15, -0.1) is 24.0 Å². The van der Waals surface area contributed by atoms with Crippen LogP contribution in [0.5, 0.6) is 0 Å². The summed E-state index contributed by atoms with van der Waals surface area (Å²) in [6.07, 6.45) is 2.83. The number of nitrogens with zero attached hydrogens (tertiary/aromatic N) is 2. The van der Waals surface area contributed by atoms with Crippen LogP contribution in [0.2, 0.25) is 0 Å². The fourth-order valence-electron chi connectivity index (χ4n) is 2.50. The van der Waals surface area contributed by atoms with Crippen LogP contribution in [0.1, 0.15) is 60.8 Å². The lowest BCUT2D eigenvalue weighted by molar-refractivity contribution is 0.0187. The van der Waals surface area contributed by atoms with Crippen molar-refractivity contribution in [3.63, 3.8) is 0 Å². The molecule has 7 heteroatoms. The van der Waals surface area contributed by atoms with E-state index >= 15 is 0 Å². The molecule has 0 radical (unpaired) electrons. The highest BCUT2D eigenvalue weighted by Gasteiger charge is 2.26. The average molecular weight is 468 g/mol. The predicted octanol–water partition coefficient (Wildman–Crippen LogP) is 3.61. The van der Waals surface area contributed by atoms with Crippen molar-refractivity contribution < 1.29 is 9.53 Å². The molecule has 1 saturated heterocycles. The molecule has 0 aromatic carbocycles. The molecule has 1 heterocycles. The summed E-state index contributed by atoms with van der Waals surface area (Å²) in [6.45, 7) is 15.3. The summed E-state index contributed by atoms with van der Waals surface area (Å²) in [4.78, 5) is 18.6. The maximum Gasteiger partial charge on any atom is 0.410 e. The van der Waals surface area contributed by atoms with Crippen molar-refractivity contribution in [3.8, 4) is 0 Å². The van der Waals surface area contributed by atoms with Crippen LogP contribution in [0.4, 0.5) is 4.79 Å². The maximum atomic E-state index is 12.1. The molecule has 1 amide bonds. The van der Waals surface area contributed by atoms with E-state index in [9.17, 15) is 4.79 Å². The molecular formula is C18H37IN4O2. The van der Waals surface area contributed by atoms with Gasteiger partial charge in [0.1, 0.15) is 5.60 Å². The average Bonchev–Trinajstić information content (AvgIpc) is 2.51. The molecular weight excluding hydrogens is 431 g/mol. The molecule has 0 saturated carbocycles. The summed E-state index contributed by atoms with van der Waals surface area (Å²) < 4.78 is 5.44. The quantitative estimate of drug-likeness (QED) is 0.368. The van der Waals surface area contributed by atoms with Crippen molar-refractivity contribution in [1.29, 1.82) is 0 Å². The highest BCUT2D eigenvalue weighted by atomic mass is 127.